The number of nitrogens with one attached hydrogen (secondary N) is 1. The van der Waals surface area contributed by atoms with Crippen molar-refractivity contribution < 1.29 is 9.53 Å². The second-order valence-corrected chi connectivity index (χ2v) is 3.64. The van der Waals surface area contributed by atoms with Crippen LogP contribution in [0.1, 0.15) is 39.0 Å². The maximum absolute atomic E-state index is 11.1. The average molecular weight is 185 g/mol. The Hall–Kier alpha value is -0.570. The zero-order chi connectivity index (χ0) is 9.68. The molecule has 1 fully saturated rings. The van der Waals surface area contributed by atoms with E-state index in [1.54, 1.807) is 7.11 Å². The zero-order valence-corrected chi connectivity index (χ0v) is 8.51. The van der Waals surface area contributed by atoms with E-state index in [1.807, 2.05) is 6.92 Å². The first kappa shape index (κ1) is 10.5. The minimum atomic E-state index is 0.154. The van der Waals surface area contributed by atoms with E-state index in [4.69, 9.17) is 4.74 Å². The molecule has 1 saturated carbocycles. The van der Waals surface area contributed by atoms with Crippen molar-refractivity contribution >= 4 is 5.91 Å². The Balaban J connectivity index is 2.29. The molecule has 0 aromatic rings. The summed E-state index contributed by atoms with van der Waals surface area (Å²) in [4.78, 5) is 11.1. The number of rotatable bonds is 3. The van der Waals surface area contributed by atoms with Crippen LogP contribution in [0.15, 0.2) is 0 Å². The van der Waals surface area contributed by atoms with Gasteiger partial charge >= 0.3 is 0 Å². The lowest BCUT2D eigenvalue weighted by Gasteiger charge is -2.28. The number of carbonyl (C=O) groups is 1. The van der Waals surface area contributed by atoms with Gasteiger partial charge in [-0.3, -0.25) is 4.79 Å². The van der Waals surface area contributed by atoms with Gasteiger partial charge in [-0.15, -0.1) is 0 Å². The smallest absolute Gasteiger partial charge is 0.219 e. The minimum Gasteiger partial charge on any atom is -0.381 e. The molecule has 0 heterocycles. The van der Waals surface area contributed by atoms with E-state index in [1.165, 1.54) is 0 Å². The molecule has 1 aliphatic rings. The lowest BCUT2D eigenvalue weighted by atomic mass is 9.93. The second-order valence-electron chi connectivity index (χ2n) is 3.64. The zero-order valence-electron chi connectivity index (χ0n) is 8.51. The number of hydrogen-bond acceptors (Lipinski definition) is 2. The summed E-state index contributed by atoms with van der Waals surface area (Å²) in [7, 11) is 1.74. The molecule has 1 amide bonds. The van der Waals surface area contributed by atoms with E-state index < -0.39 is 0 Å². The first-order valence-corrected chi connectivity index (χ1v) is 5.08. The van der Waals surface area contributed by atoms with Gasteiger partial charge in [-0.05, 0) is 25.7 Å². The Morgan fingerprint density at radius 2 is 2.31 bits per heavy atom. The summed E-state index contributed by atoms with van der Waals surface area (Å²) in [5.74, 6) is 0.154. The van der Waals surface area contributed by atoms with Crippen LogP contribution in [0.5, 0.6) is 0 Å². The summed E-state index contributed by atoms with van der Waals surface area (Å²) in [6.45, 7) is 1.88. The van der Waals surface area contributed by atoms with Crippen LogP contribution in [-0.2, 0) is 9.53 Å². The third-order valence-electron chi connectivity index (χ3n) is 2.65. The van der Waals surface area contributed by atoms with Gasteiger partial charge in [-0.25, -0.2) is 0 Å². The lowest BCUT2D eigenvalue weighted by molar-refractivity contribution is -0.122. The number of amides is 1. The largest absolute Gasteiger partial charge is 0.381 e. The van der Waals surface area contributed by atoms with Crippen LogP contribution >= 0.6 is 0 Å². The fourth-order valence-electron chi connectivity index (χ4n) is 1.82. The fraction of sp³-hybridized carbons (Fsp3) is 0.900. The topological polar surface area (TPSA) is 38.3 Å². The fourth-order valence-corrected chi connectivity index (χ4v) is 1.82. The molecule has 0 bridgehead atoms. The number of hydrogen-bond donors (Lipinski definition) is 1. The van der Waals surface area contributed by atoms with E-state index in [-0.39, 0.29) is 5.91 Å². The molecule has 0 aliphatic heterocycles. The van der Waals surface area contributed by atoms with Gasteiger partial charge in [0.15, 0.2) is 0 Å². The van der Waals surface area contributed by atoms with E-state index in [9.17, 15) is 4.79 Å². The van der Waals surface area contributed by atoms with Crippen LogP contribution in [0.25, 0.3) is 0 Å². The van der Waals surface area contributed by atoms with E-state index in [2.05, 4.69) is 5.32 Å². The average Bonchev–Trinajstić information content (AvgIpc) is 2.18. The monoisotopic (exact) mass is 185 g/mol. The molecule has 2 atom stereocenters. The Labute approximate surface area is 79.8 Å². The summed E-state index contributed by atoms with van der Waals surface area (Å²) in [5, 5.41) is 3.01. The highest BCUT2D eigenvalue weighted by Crippen LogP contribution is 2.20. The van der Waals surface area contributed by atoms with Gasteiger partial charge in [0.25, 0.3) is 0 Å². The van der Waals surface area contributed by atoms with Crippen LogP contribution in [0.4, 0.5) is 0 Å². The van der Waals surface area contributed by atoms with Gasteiger partial charge in [0, 0.05) is 19.6 Å². The predicted octanol–water partition coefficient (Wildman–Crippen LogP) is 1.47. The molecule has 0 aromatic heterocycles. The second kappa shape index (κ2) is 5.22. The van der Waals surface area contributed by atoms with Crippen molar-refractivity contribution in [2.75, 3.05) is 7.11 Å². The number of methoxy groups -OCH3 is 1. The van der Waals surface area contributed by atoms with Gasteiger partial charge in [0.05, 0.1) is 6.10 Å². The first-order chi connectivity index (χ1) is 6.26. The van der Waals surface area contributed by atoms with Crippen LogP contribution in [0.3, 0.4) is 0 Å². The molecule has 1 N–H and O–H groups in total. The van der Waals surface area contributed by atoms with E-state index in [0.717, 1.165) is 25.7 Å². The third kappa shape index (κ3) is 3.35. The van der Waals surface area contributed by atoms with Gasteiger partial charge in [0.1, 0.15) is 0 Å². The van der Waals surface area contributed by atoms with Crippen LogP contribution in [0, 0.1) is 0 Å². The molecule has 1 aliphatic carbocycles. The lowest BCUT2D eigenvalue weighted by Crippen LogP contribution is -2.39. The third-order valence-corrected chi connectivity index (χ3v) is 2.65. The molecular formula is C10H19NO2. The molecule has 0 spiro atoms. The molecule has 76 valence electrons. The molecule has 3 nitrogen and oxygen atoms in total. The molecule has 13 heavy (non-hydrogen) atoms. The predicted molar refractivity (Wildman–Crippen MR) is 51.5 cm³/mol. The Bertz CT molecular complexity index is 170. The van der Waals surface area contributed by atoms with Gasteiger partial charge in [-0.1, -0.05) is 6.92 Å². The summed E-state index contributed by atoms with van der Waals surface area (Å²) in [5.41, 5.74) is 0. The quantitative estimate of drug-likeness (QED) is 0.723. The maximum Gasteiger partial charge on any atom is 0.219 e. The molecule has 0 aromatic carbocycles. The molecular weight excluding hydrogens is 166 g/mol. The highest BCUT2D eigenvalue weighted by molar-refractivity contribution is 5.75. The van der Waals surface area contributed by atoms with Crippen molar-refractivity contribution in [2.24, 2.45) is 0 Å². The highest BCUT2D eigenvalue weighted by atomic mass is 16.5. The van der Waals surface area contributed by atoms with Crippen molar-refractivity contribution in [1.82, 2.24) is 5.32 Å². The van der Waals surface area contributed by atoms with E-state index >= 15 is 0 Å². The van der Waals surface area contributed by atoms with Crippen LogP contribution in [-0.4, -0.2) is 25.2 Å². The van der Waals surface area contributed by atoms with Crippen LogP contribution < -0.4 is 5.32 Å². The van der Waals surface area contributed by atoms with Crippen molar-refractivity contribution in [3.8, 4) is 0 Å². The minimum absolute atomic E-state index is 0.154. The number of carbonyl (C=O) groups excluding carboxylic acids is 1. The summed E-state index contributed by atoms with van der Waals surface area (Å²) in [6, 6.07) is 0.339. The summed E-state index contributed by atoms with van der Waals surface area (Å²) < 4.78 is 5.29. The molecule has 2 unspecified atom stereocenters. The summed E-state index contributed by atoms with van der Waals surface area (Å²) in [6.07, 6.45) is 5.29. The van der Waals surface area contributed by atoms with Gasteiger partial charge in [-0.2, -0.15) is 0 Å². The molecule has 1 rings (SSSR count). The Morgan fingerprint density at radius 3 is 2.92 bits per heavy atom. The molecule has 0 saturated heterocycles. The maximum atomic E-state index is 11.1. The molecule has 0 radical (unpaired) electrons. The van der Waals surface area contributed by atoms with Gasteiger partial charge < -0.3 is 10.1 Å². The first-order valence-electron chi connectivity index (χ1n) is 5.08. The highest BCUT2D eigenvalue weighted by Gasteiger charge is 2.22. The van der Waals surface area contributed by atoms with Crippen molar-refractivity contribution in [3.63, 3.8) is 0 Å². The molecule has 3 heteroatoms. The van der Waals surface area contributed by atoms with Gasteiger partial charge in [0.2, 0.25) is 5.91 Å². The SMILES string of the molecule is CCC(=O)NC1CCCC(OC)C1. The Kier molecular flexibility index (Phi) is 4.22. The van der Waals surface area contributed by atoms with E-state index in [0.29, 0.717) is 18.6 Å². The van der Waals surface area contributed by atoms with Crippen LogP contribution in [0.2, 0.25) is 0 Å². The Morgan fingerprint density at radius 1 is 1.54 bits per heavy atom. The summed E-state index contributed by atoms with van der Waals surface area (Å²) >= 11 is 0. The standard InChI is InChI=1S/C10H19NO2/c1-3-10(12)11-8-5-4-6-9(7-8)13-2/h8-9H,3-7H2,1-2H3,(H,11,12). The van der Waals surface area contributed by atoms with Crippen molar-refractivity contribution in [2.45, 2.75) is 51.2 Å². The van der Waals surface area contributed by atoms with Crippen molar-refractivity contribution in [1.29, 1.82) is 0 Å². The normalized spacial score (nSPS) is 28.5. The van der Waals surface area contributed by atoms with Crippen molar-refractivity contribution in [3.05, 3.63) is 0 Å². The number of ether oxygens (including phenoxy) is 1.